The molecular weight excluding hydrogens is 492 g/mol. The number of hydrogen-bond acceptors (Lipinski definition) is 8. The smallest absolute Gasteiger partial charge is 0.303 e. The van der Waals surface area contributed by atoms with E-state index in [2.05, 4.69) is 0 Å². The van der Waals surface area contributed by atoms with Crippen LogP contribution in [0, 0.1) is 0 Å². The second-order valence-electron chi connectivity index (χ2n) is 7.12. The van der Waals surface area contributed by atoms with Crippen LogP contribution in [-0.4, -0.2) is 65.5 Å². The zero-order valence-electron chi connectivity index (χ0n) is 17.3. The van der Waals surface area contributed by atoms with Gasteiger partial charge in [-0.1, -0.05) is 60.8 Å². The average Bonchev–Trinajstić information content (AvgIpc) is 3.14. The summed E-state index contributed by atoms with van der Waals surface area (Å²) in [4.78, 5) is 50.2. The van der Waals surface area contributed by atoms with Crippen LogP contribution in [0.3, 0.4) is 0 Å². The van der Waals surface area contributed by atoms with Crippen molar-refractivity contribution in [2.45, 2.75) is 51.4 Å². The summed E-state index contributed by atoms with van der Waals surface area (Å²) in [6, 6.07) is 0. The lowest BCUT2D eigenvalue weighted by Crippen LogP contribution is -2.29. The van der Waals surface area contributed by atoms with E-state index >= 15 is 0 Å². The fraction of sp³-hybridized carbons (Fsp3) is 0.500. The highest BCUT2D eigenvalue weighted by Gasteiger charge is 2.33. The molecule has 0 spiro atoms. The first-order valence-electron chi connectivity index (χ1n) is 10.1. The number of amides is 2. The van der Waals surface area contributed by atoms with Crippen LogP contribution in [-0.2, 0) is 19.2 Å². The number of aliphatic carboxylic acids is 2. The van der Waals surface area contributed by atoms with Gasteiger partial charge in [-0.05, 0) is 37.8 Å². The number of rotatable bonds is 13. The molecule has 0 atom stereocenters. The molecule has 2 aliphatic rings. The standard InChI is InChI=1S/C20H24N2O6S4/c23-15(24)7-3-1-5-11-21-17(27)13(31-19(21)29)9-10-14-18(28)22(20(30)32-14)12-6-2-4-8-16(25)26/h9-10H,1-8,11-12H2,(H,23,24)(H,25,26)/b13-9+,14-10+. The fourth-order valence-electron chi connectivity index (χ4n) is 3.01. The van der Waals surface area contributed by atoms with Crippen molar-refractivity contribution in [2.24, 2.45) is 0 Å². The van der Waals surface area contributed by atoms with Gasteiger partial charge in [0.05, 0.1) is 9.81 Å². The molecule has 0 aliphatic carbocycles. The summed E-state index contributed by atoms with van der Waals surface area (Å²) in [7, 11) is 0. The van der Waals surface area contributed by atoms with Gasteiger partial charge in [-0.25, -0.2) is 0 Å². The Labute approximate surface area is 205 Å². The Kier molecular flexibility index (Phi) is 10.8. The van der Waals surface area contributed by atoms with Gasteiger partial charge in [0, 0.05) is 25.9 Å². The van der Waals surface area contributed by atoms with Gasteiger partial charge in [0.25, 0.3) is 11.8 Å². The molecule has 0 aromatic carbocycles. The van der Waals surface area contributed by atoms with E-state index in [1.807, 2.05) is 0 Å². The third kappa shape index (κ3) is 7.98. The van der Waals surface area contributed by atoms with Crippen molar-refractivity contribution in [2.75, 3.05) is 13.1 Å². The number of unbranched alkanes of at least 4 members (excludes halogenated alkanes) is 4. The molecule has 0 saturated carbocycles. The second-order valence-corrected chi connectivity index (χ2v) is 10.5. The quantitative estimate of drug-likeness (QED) is 0.213. The molecule has 2 N–H and O–H groups in total. The van der Waals surface area contributed by atoms with E-state index in [0.717, 1.165) is 0 Å². The molecule has 0 bridgehead atoms. The number of nitrogens with zero attached hydrogens (tertiary/aromatic N) is 2. The molecule has 174 valence electrons. The van der Waals surface area contributed by atoms with E-state index in [0.29, 0.717) is 70.1 Å². The van der Waals surface area contributed by atoms with E-state index in [-0.39, 0.29) is 24.7 Å². The molecule has 2 rings (SSSR count). The molecule has 0 aromatic heterocycles. The highest BCUT2D eigenvalue weighted by molar-refractivity contribution is 8.27. The van der Waals surface area contributed by atoms with Gasteiger partial charge < -0.3 is 10.2 Å². The number of thioether (sulfide) groups is 2. The highest BCUT2D eigenvalue weighted by Crippen LogP contribution is 2.34. The number of thiocarbonyl (C=S) groups is 2. The first-order chi connectivity index (χ1) is 15.2. The Morgan fingerprint density at radius 1 is 0.719 bits per heavy atom. The van der Waals surface area contributed by atoms with Crippen LogP contribution in [0.15, 0.2) is 22.0 Å². The summed E-state index contributed by atoms with van der Waals surface area (Å²) in [6.07, 6.45) is 7.23. The number of carboxylic acid groups (broad SMARTS) is 2. The molecule has 2 amide bonds. The summed E-state index contributed by atoms with van der Waals surface area (Å²) in [5.41, 5.74) is 0. The third-order valence-electron chi connectivity index (χ3n) is 4.68. The molecule has 12 heteroatoms. The van der Waals surface area contributed by atoms with Gasteiger partial charge in [0.15, 0.2) is 0 Å². The molecule has 0 unspecified atom stereocenters. The average molecular weight is 517 g/mol. The van der Waals surface area contributed by atoms with Crippen LogP contribution in [0.1, 0.15) is 51.4 Å². The SMILES string of the molecule is O=C(O)CCCCCN1C(=O)/C(=C\C=C2\SC(=S)N(CCCCCC(=O)O)C2=O)SC1=S. The highest BCUT2D eigenvalue weighted by atomic mass is 32.2. The summed E-state index contributed by atoms with van der Waals surface area (Å²) >= 11 is 12.9. The van der Waals surface area contributed by atoms with Crippen LogP contribution in [0.25, 0.3) is 0 Å². The van der Waals surface area contributed by atoms with E-state index in [4.69, 9.17) is 34.6 Å². The van der Waals surface area contributed by atoms with Crippen LogP contribution >= 0.6 is 48.0 Å². The molecule has 0 radical (unpaired) electrons. The Hall–Kier alpha value is -1.76. The van der Waals surface area contributed by atoms with Crippen molar-refractivity contribution in [1.29, 1.82) is 0 Å². The number of carbonyl (C=O) groups excluding carboxylic acids is 2. The predicted octanol–water partition coefficient (Wildman–Crippen LogP) is 3.76. The molecule has 2 saturated heterocycles. The van der Waals surface area contributed by atoms with Gasteiger partial charge in [0.1, 0.15) is 8.64 Å². The van der Waals surface area contributed by atoms with Crippen LogP contribution < -0.4 is 0 Å². The molecule has 2 heterocycles. The molecular formula is C20H24N2O6S4. The van der Waals surface area contributed by atoms with Crippen molar-refractivity contribution >= 4 is 80.4 Å². The van der Waals surface area contributed by atoms with Gasteiger partial charge in [0.2, 0.25) is 0 Å². The zero-order chi connectivity index (χ0) is 23.7. The monoisotopic (exact) mass is 516 g/mol. The lowest BCUT2D eigenvalue weighted by molar-refractivity contribution is -0.138. The molecule has 0 aromatic rings. The maximum atomic E-state index is 12.6. The zero-order valence-corrected chi connectivity index (χ0v) is 20.5. The lowest BCUT2D eigenvalue weighted by atomic mass is 10.2. The molecule has 32 heavy (non-hydrogen) atoms. The number of carboxylic acids is 2. The van der Waals surface area contributed by atoms with E-state index in [1.165, 1.54) is 33.3 Å². The second kappa shape index (κ2) is 13.1. The van der Waals surface area contributed by atoms with Crippen LogP contribution in [0.5, 0.6) is 0 Å². The summed E-state index contributed by atoms with van der Waals surface area (Å²) in [5, 5.41) is 17.3. The topological polar surface area (TPSA) is 115 Å². The van der Waals surface area contributed by atoms with Gasteiger partial charge >= 0.3 is 11.9 Å². The number of allylic oxidation sites excluding steroid dienone is 2. The van der Waals surface area contributed by atoms with Gasteiger partial charge in [-0.3, -0.25) is 29.0 Å². The summed E-state index contributed by atoms with van der Waals surface area (Å²) in [6.45, 7) is 0.872. The van der Waals surface area contributed by atoms with Crippen molar-refractivity contribution in [1.82, 2.24) is 9.80 Å². The maximum absolute atomic E-state index is 12.6. The van der Waals surface area contributed by atoms with Crippen molar-refractivity contribution in [3.63, 3.8) is 0 Å². The Bertz CT molecular complexity index is 800. The lowest BCUT2D eigenvalue weighted by Gasteiger charge is -2.13. The number of carbonyl (C=O) groups is 4. The minimum absolute atomic E-state index is 0.110. The Balaban J connectivity index is 1.87. The molecule has 2 aliphatic heterocycles. The summed E-state index contributed by atoms with van der Waals surface area (Å²) < 4.78 is 0.892. The maximum Gasteiger partial charge on any atom is 0.303 e. The largest absolute Gasteiger partial charge is 0.481 e. The summed E-state index contributed by atoms with van der Waals surface area (Å²) in [5.74, 6) is -2.10. The fourth-order valence-corrected chi connectivity index (χ4v) is 5.51. The van der Waals surface area contributed by atoms with Crippen molar-refractivity contribution in [3.8, 4) is 0 Å². The minimum Gasteiger partial charge on any atom is -0.481 e. The van der Waals surface area contributed by atoms with Crippen molar-refractivity contribution in [3.05, 3.63) is 22.0 Å². The molecule has 2 fully saturated rings. The minimum atomic E-state index is -0.831. The number of hydrogen-bond donors (Lipinski definition) is 2. The van der Waals surface area contributed by atoms with Crippen LogP contribution in [0.2, 0.25) is 0 Å². The molecule has 8 nitrogen and oxygen atoms in total. The Morgan fingerprint density at radius 3 is 1.44 bits per heavy atom. The van der Waals surface area contributed by atoms with Gasteiger partial charge in [-0.15, -0.1) is 0 Å². The predicted molar refractivity (Wildman–Crippen MR) is 132 cm³/mol. The van der Waals surface area contributed by atoms with E-state index in [1.54, 1.807) is 12.2 Å². The first kappa shape index (κ1) is 26.5. The van der Waals surface area contributed by atoms with Crippen molar-refractivity contribution < 1.29 is 29.4 Å². The Morgan fingerprint density at radius 2 is 1.09 bits per heavy atom. The van der Waals surface area contributed by atoms with E-state index in [9.17, 15) is 19.2 Å². The van der Waals surface area contributed by atoms with Gasteiger partial charge in [-0.2, -0.15) is 0 Å². The van der Waals surface area contributed by atoms with Crippen LogP contribution in [0.4, 0.5) is 0 Å². The third-order valence-corrected chi connectivity index (χ3v) is 7.47. The normalized spacial score (nSPS) is 19.1. The van der Waals surface area contributed by atoms with E-state index < -0.39 is 11.9 Å². The first-order valence-corrected chi connectivity index (χ1v) is 12.6.